The summed E-state index contributed by atoms with van der Waals surface area (Å²) in [4.78, 5) is 27.1. The number of nitrogens with zero attached hydrogens (tertiary/aromatic N) is 1. The lowest BCUT2D eigenvalue weighted by Crippen LogP contribution is -2.49. The molecule has 0 radical (unpaired) electrons. The Bertz CT molecular complexity index is 938. The maximum absolute atomic E-state index is 13.1. The monoisotopic (exact) mass is 486 g/mol. The van der Waals surface area contributed by atoms with Gasteiger partial charge < -0.3 is 24.4 Å². The lowest BCUT2D eigenvalue weighted by Gasteiger charge is -2.34. The van der Waals surface area contributed by atoms with Crippen molar-refractivity contribution in [1.29, 1.82) is 0 Å². The Morgan fingerprint density at radius 2 is 1.71 bits per heavy atom. The first kappa shape index (κ1) is 26.5. The summed E-state index contributed by atoms with van der Waals surface area (Å²) in [7, 11) is 0. The standard InChI is InChI=1S/C27H35FN2O5/c1-27(2,3)35-26(32)29-22(17-25(31)33-19-20-7-5-4-6-8-20)18-30-15-13-24(14-16-30)34-23-11-9-21(28)10-12-23/h4-12,22,24H,13-19H2,1-3H3,(H,29,32). The minimum absolute atomic E-state index is 0.0322. The summed E-state index contributed by atoms with van der Waals surface area (Å²) in [5.74, 6) is -0.0297. The maximum Gasteiger partial charge on any atom is 0.407 e. The van der Waals surface area contributed by atoms with Gasteiger partial charge in [-0.25, -0.2) is 9.18 Å². The second kappa shape index (κ2) is 12.5. The normalized spacial score (nSPS) is 15.8. The van der Waals surface area contributed by atoms with E-state index < -0.39 is 17.7 Å². The number of amides is 1. The van der Waals surface area contributed by atoms with Crippen LogP contribution in [0.4, 0.5) is 9.18 Å². The quantitative estimate of drug-likeness (QED) is 0.518. The van der Waals surface area contributed by atoms with E-state index in [9.17, 15) is 14.0 Å². The Morgan fingerprint density at radius 1 is 1.06 bits per heavy atom. The highest BCUT2D eigenvalue weighted by molar-refractivity contribution is 5.73. The predicted octanol–water partition coefficient (Wildman–Crippen LogP) is 4.70. The van der Waals surface area contributed by atoms with Crippen molar-refractivity contribution in [3.05, 3.63) is 66.0 Å². The van der Waals surface area contributed by atoms with E-state index in [1.807, 2.05) is 30.3 Å². The highest BCUT2D eigenvalue weighted by atomic mass is 19.1. The molecule has 1 N–H and O–H groups in total. The second-order valence-corrected chi connectivity index (χ2v) is 9.77. The third kappa shape index (κ3) is 9.94. The van der Waals surface area contributed by atoms with Gasteiger partial charge in [-0.3, -0.25) is 4.79 Å². The molecule has 190 valence electrons. The van der Waals surface area contributed by atoms with E-state index in [-0.39, 0.29) is 30.9 Å². The van der Waals surface area contributed by atoms with Crippen LogP contribution < -0.4 is 10.1 Å². The SMILES string of the molecule is CC(C)(C)OC(=O)NC(CC(=O)OCc1ccccc1)CN1CCC(Oc2ccc(F)cc2)CC1. The molecular weight excluding hydrogens is 451 g/mol. The lowest BCUT2D eigenvalue weighted by molar-refractivity contribution is -0.145. The molecule has 1 unspecified atom stereocenters. The van der Waals surface area contributed by atoms with Crippen molar-refractivity contribution in [2.24, 2.45) is 0 Å². The summed E-state index contributed by atoms with van der Waals surface area (Å²) in [6.45, 7) is 7.55. The molecule has 0 spiro atoms. The molecule has 0 aromatic heterocycles. The predicted molar refractivity (Wildman–Crippen MR) is 131 cm³/mol. The van der Waals surface area contributed by atoms with Gasteiger partial charge in [0.25, 0.3) is 0 Å². The van der Waals surface area contributed by atoms with Gasteiger partial charge in [0.1, 0.15) is 29.9 Å². The molecule has 3 rings (SSSR count). The Kier molecular flexibility index (Phi) is 9.48. The van der Waals surface area contributed by atoms with Crippen LogP contribution in [-0.2, 0) is 20.9 Å². The van der Waals surface area contributed by atoms with Crippen LogP contribution in [0.1, 0.15) is 45.6 Å². The molecule has 1 saturated heterocycles. The van der Waals surface area contributed by atoms with E-state index >= 15 is 0 Å². The minimum Gasteiger partial charge on any atom is -0.490 e. The van der Waals surface area contributed by atoms with Crippen LogP contribution in [-0.4, -0.2) is 54.3 Å². The summed E-state index contributed by atoms with van der Waals surface area (Å²) in [5.41, 5.74) is 0.263. The topological polar surface area (TPSA) is 77.1 Å². The molecule has 1 fully saturated rings. The number of carbonyl (C=O) groups is 2. The molecule has 1 aliphatic rings. The van der Waals surface area contributed by atoms with Gasteiger partial charge in [0.05, 0.1) is 12.5 Å². The fraction of sp³-hybridized carbons (Fsp3) is 0.481. The van der Waals surface area contributed by atoms with Crippen molar-refractivity contribution in [3.63, 3.8) is 0 Å². The summed E-state index contributed by atoms with van der Waals surface area (Å²) < 4.78 is 29.9. The number of nitrogens with one attached hydrogen (secondary N) is 1. The van der Waals surface area contributed by atoms with Crippen molar-refractivity contribution in [1.82, 2.24) is 10.2 Å². The van der Waals surface area contributed by atoms with E-state index in [1.165, 1.54) is 12.1 Å². The van der Waals surface area contributed by atoms with E-state index in [1.54, 1.807) is 32.9 Å². The fourth-order valence-corrected chi connectivity index (χ4v) is 3.86. The average molecular weight is 487 g/mol. The highest BCUT2D eigenvalue weighted by Gasteiger charge is 2.27. The summed E-state index contributed by atoms with van der Waals surface area (Å²) >= 11 is 0. The number of hydrogen-bond acceptors (Lipinski definition) is 6. The van der Waals surface area contributed by atoms with Gasteiger partial charge in [0, 0.05) is 19.6 Å². The van der Waals surface area contributed by atoms with Gasteiger partial charge in [-0.1, -0.05) is 30.3 Å². The fourth-order valence-electron chi connectivity index (χ4n) is 3.86. The first-order valence-corrected chi connectivity index (χ1v) is 12.0. The molecule has 1 atom stereocenters. The van der Waals surface area contributed by atoms with E-state index in [0.717, 1.165) is 31.5 Å². The Morgan fingerprint density at radius 3 is 2.34 bits per heavy atom. The van der Waals surface area contributed by atoms with Crippen molar-refractivity contribution in [2.45, 2.75) is 64.4 Å². The largest absolute Gasteiger partial charge is 0.490 e. The number of hydrogen-bond donors (Lipinski definition) is 1. The molecule has 1 aliphatic heterocycles. The van der Waals surface area contributed by atoms with Crippen LogP contribution in [0.25, 0.3) is 0 Å². The number of halogens is 1. The van der Waals surface area contributed by atoms with Gasteiger partial charge in [0.2, 0.25) is 0 Å². The van der Waals surface area contributed by atoms with Crippen LogP contribution in [0.15, 0.2) is 54.6 Å². The van der Waals surface area contributed by atoms with Crippen LogP contribution >= 0.6 is 0 Å². The molecule has 35 heavy (non-hydrogen) atoms. The molecule has 8 heteroatoms. The molecule has 1 amide bonds. The van der Waals surface area contributed by atoms with Crippen LogP contribution in [0.2, 0.25) is 0 Å². The van der Waals surface area contributed by atoms with Gasteiger partial charge in [0.15, 0.2) is 0 Å². The molecule has 0 bridgehead atoms. The first-order valence-electron chi connectivity index (χ1n) is 12.0. The molecule has 2 aromatic carbocycles. The third-order valence-electron chi connectivity index (χ3n) is 5.51. The minimum atomic E-state index is -0.640. The summed E-state index contributed by atoms with van der Waals surface area (Å²) in [5, 5.41) is 2.84. The maximum atomic E-state index is 13.1. The van der Waals surface area contributed by atoms with Crippen molar-refractivity contribution in [2.75, 3.05) is 19.6 Å². The molecule has 2 aromatic rings. The number of piperidine rings is 1. The highest BCUT2D eigenvalue weighted by Crippen LogP contribution is 2.20. The number of esters is 1. The number of ether oxygens (including phenoxy) is 3. The summed E-state index contributed by atoms with van der Waals surface area (Å²) in [6.07, 6.45) is 1.08. The second-order valence-electron chi connectivity index (χ2n) is 9.77. The zero-order valence-corrected chi connectivity index (χ0v) is 20.7. The van der Waals surface area contributed by atoms with Crippen molar-refractivity contribution < 1.29 is 28.2 Å². The van der Waals surface area contributed by atoms with E-state index in [0.29, 0.717) is 12.3 Å². The van der Waals surface area contributed by atoms with Crippen LogP contribution in [0.5, 0.6) is 5.75 Å². The number of carbonyl (C=O) groups excluding carboxylic acids is 2. The van der Waals surface area contributed by atoms with Crippen molar-refractivity contribution in [3.8, 4) is 5.75 Å². The Balaban J connectivity index is 1.51. The van der Waals surface area contributed by atoms with E-state index in [4.69, 9.17) is 14.2 Å². The molecule has 7 nitrogen and oxygen atoms in total. The number of rotatable bonds is 9. The smallest absolute Gasteiger partial charge is 0.407 e. The van der Waals surface area contributed by atoms with E-state index in [2.05, 4.69) is 10.2 Å². The lowest BCUT2D eigenvalue weighted by atomic mass is 10.1. The molecule has 0 saturated carbocycles. The van der Waals surface area contributed by atoms with Gasteiger partial charge in [-0.05, 0) is 63.4 Å². The number of alkyl carbamates (subject to hydrolysis) is 1. The molecular formula is C27H35FN2O5. The van der Waals surface area contributed by atoms with Gasteiger partial charge >= 0.3 is 12.1 Å². The van der Waals surface area contributed by atoms with Crippen LogP contribution in [0.3, 0.4) is 0 Å². The van der Waals surface area contributed by atoms with Crippen LogP contribution in [0, 0.1) is 5.82 Å². The number of benzene rings is 2. The Labute approximate surface area is 206 Å². The third-order valence-corrected chi connectivity index (χ3v) is 5.51. The molecule has 1 heterocycles. The van der Waals surface area contributed by atoms with Crippen molar-refractivity contribution >= 4 is 12.1 Å². The Hall–Kier alpha value is -3.13. The molecule has 0 aliphatic carbocycles. The number of likely N-dealkylation sites (tertiary alicyclic amines) is 1. The van der Waals surface area contributed by atoms with Gasteiger partial charge in [-0.2, -0.15) is 0 Å². The van der Waals surface area contributed by atoms with Gasteiger partial charge in [-0.15, -0.1) is 0 Å². The first-order chi connectivity index (χ1) is 16.7. The summed E-state index contributed by atoms with van der Waals surface area (Å²) in [6, 6.07) is 15.0. The zero-order chi connectivity index (χ0) is 25.3. The average Bonchev–Trinajstić information content (AvgIpc) is 2.80. The zero-order valence-electron chi connectivity index (χ0n) is 20.7.